The van der Waals surface area contributed by atoms with Crippen molar-refractivity contribution in [2.24, 2.45) is 0 Å². The van der Waals surface area contributed by atoms with Crippen molar-refractivity contribution in [3.8, 4) is 0 Å². The van der Waals surface area contributed by atoms with Gasteiger partial charge in [-0.05, 0) is 37.8 Å². The SMILES string of the molecule is C[C](C)CN1CCC(n2ncc3c(Nc4cccnc4C)ncnc32)CC1. The lowest BCUT2D eigenvalue weighted by Gasteiger charge is -2.32. The first kappa shape index (κ1) is 17.9. The Labute approximate surface area is 159 Å². The maximum Gasteiger partial charge on any atom is 0.163 e. The molecule has 4 rings (SSSR count). The number of piperidine rings is 1. The van der Waals surface area contributed by atoms with Crippen molar-refractivity contribution in [2.45, 2.75) is 39.7 Å². The predicted molar refractivity (Wildman–Crippen MR) is 107 cm³/mol. The van der Waals surface area contributed by atoms with Gasteiger partial charge in [0.15, 0.2) is 5.65 Å². The number of rotatable bonds is 5. The second-order valence-corrected chi connectivity index (χ2v) is 7.52. The highest BCUT2D eigenvalue weighted by Gasteiger charge is 2.24. The standard InChI is InChI=1S/C20H26N7/c1-14(2)12-26-9-6-16(7-10-26)27-20-17(11-24-27)19(22-13-23-20)25-18-5-4-8-21-15(18)3/h4-5,8,11,13,16H,6-7,9-10,12H2,1-3H3,(H,22,23,25). The molecule has 0 spiro atoms. The summed E-state index contributed by atoms with van der Waals surface area (Å²) in [5.41, 5.74) is 2.78. The molecule has 1 fully saturated rings. The van der Waals surface area contributed by atoms with Crippen molar-refractivity contribution in [3.63, 3.8) is 0 Å². The summed E-state index contributed by atoms with van der Waals surface area (Å²) >= 11 is 0. The van der Waals surface area contributed by atoms with E-state index in [-0.39, 0.29) is 0 Å². The van der Waals surface area contributed by atoms with E-state index in [1.54, 1.807) is 12.5 Å². The van der Waals surface area contributed by atoms with Crippen molar-refractivity contribution in [1.29, 1.82) is 0 Å². The molecule has 0 saturated carbocycles. The molecule has 1 radical (unpaired) electrons. The number of likely N-dealkylation sites (tertiary alicyclic amines) is 1. The summed E-state index contributed by atoms with van der Waals surface area (Å²) in [5, 5.41) is 8.99. The van der Waals surface area contributed by atoms with E-state index in [0.717, 1.165) is 60.7 Å². The van der Waals surface area contributed by atoms with Crippen LogP contribution in [0.5, 0.6) is 0 Å². The van der Waals surface area contributed by atoms with Crippen molar-refractivity contribution in [2.75, 3.05) is 25.0 Å². The molecule has 0 atom stereocenters. The molecular weight excluding hydrogens is 338 g/mol. The number of nitrogens with zero attached hydrogens (tertiary/aromatic N) is 6. The largest absolute Gasteiger partial charge is 0.338 e. The minimum atomic E-state index is 0.388. The lowest BCUT2D eigenvalue weighted by molar-refractivity contribution is 0.188. The molecule has 7 heteroatoms. The molecule has 0 aliphatic carbocycles. The summed E-state index contributed by atoms with van der Waals surface area (Å²) in [4.78, 5) is 15.8. The van der Waals surface area contributed by atoms with E-state index in [1.165, 1.54) is 5.92 Å². The molecule has 3 aromatic rings. The molecule has 1 N–H and O–H groups in total. The molecule has 1 aliphatic rings. The number of nitrogens with one attached hydrogen (secondary N) is 1. The highest BCUT2D eigenvalue weighted by Crippen LogP contribution is 2.29. The third kappa shape index (κ3) is 3.78. The summed E-state index contributed by atoms with van der Waals surface area (Å²) in [6.45, 7) is 9.66. The third-order valence-corrected chi connectivity index (χ3v) is 5.09. The van der Waals surface area contributed by atoms with Gasteiger partial charge in [0.2, 0.25) is 0 Å². The summed E-state index contributed by atoms with van der Waals surface area (Å²) < 4.78 is 2.08. The van der Waals surface area contributed by atoms with Crippen LogP contribution in [0.1, 0.15) is 38.4 Å². The van der Waals surface area contributed by atoms with Gasteiger partial charge >= 0.3 is 0 Å². The number of aromatic nitrogens is 5. The molecule has 0 unspecified atom stereocenters. The van der Waals surface area contributed by atoms with Crippen molar-refractivity contribution in [3.05, 3.63) is 42.5 Å². The first-order chi connectivity index (χ1) is 13.1. The van der Waals surface area contributed by atoms with E-state index in [1.807, 2.05) is 25.3 Å². The van der Waals surface area contributed by atoms with Crippen molar-refractivity contribution < 1.29 is 0 Å². The van der Waals surface area contributed by atoms with Gasteiger partial charge in [0, 0.05) is 25.8 Å². The Morgan fingerprint density at radius 1 is 1.19 bits per heavy atom. The van der Waals surface area contributed by atoms with E-state index in [0.29, 0.717) is 6.04 Å². The Morgan fingerprint density at radius 3 is 2.74 bits per heavy atom. The Hall–Kier alpha value is -2.54. The maximum atomic E-state index is 4.66. The van der Waals surface area contributed by atoms with Gasteiger partial charge in [-0.25, -0.2) is 14.6 Å². The lowest BCUT2D eigenvalue weighted by Crippen LogP contribution is -2.36. The average molecular weight is 364 g/mol. The first-order valence-corrected chi connectivity index (χ1v) is 9.50. The van der Waals surface area contributed by atoms with Gasteiger partial charge in [0.1, 0.15) is 12.1 Å². The number of pyridine rings is 1. The minimum absolute atomic E-state index is 0.388. The number of hydrogen-bond donors (Lipinski definition) is 1. The van der Waals surface area contributed by atoms with Gasteiger partial charge in [-0.1, -0.05) is 13.8 Å². The van der Waals surface area contributed by atoms with Crippen LogP contribution in [-0.2, 0) is 0 Å². The van der Waals surface area contributed by atoms with E-state index in [2.05, 4.69) is 48.8 Å². The summed E-state index contributed by atoms with van der Waals surface area (Å²) in [7, 11) is 0. The van der Waals surface area contributed by atoms with Crippen molar-refractivity contribution in [1.82, 2.24) is 29.6 Å². The zero-order chi connectivity index (χ0) is 18.8. The number of anilines is 2. The van der Waals surface area contributed by atoms with Crippen LogP contribution in [0.4, 0.5) is 11.5 Å². The molecule has 27 heavy (non-hydrogen) atoms. The average Bonchev–Trinajstić information content (AvgIpc) is 3.09. The topological polar surface area (TPSA) is 71.8 Å². The van der Waals surface area contributed by atoms with E-state index in [9.17, 15) is 0 Å². The highest BCUT2D eigenvalue weighted by molar-refractivity contribution is 5.88. The van der Waals surface area contributed by atoms with Gasteiger partial charge in [-0.2, -0.15) is 5.10 Å². The Bertz CT molecular complexity index is 910. The number of hydrogen-bond acceptors (Lipinski definition) is 6. The molecule has 3 aromatic heterocycles. The molecule has 141 valence electrons. The fourth-order valence-electron chi connectivity index (χ4n) is 3.74. The summed E-state index contributed by atoms with van der Waals surface area (Å²) in [6, 6.07) is 4.31. The van der Waals surface area contributed by atoms with Gasteiger partial charge in [0.25, 0.3) is 0 Å². The Kier molecular flexibility index (Phi) is 5.03. The van der Waals surface area contributed by atoms with Crippen LogP contribution in [0.3, 0.4) is 0 Å². The summed E-state index contributed by atoms with van der Waals surface area (Å²) in [6.07, 6.45) is 7.47. The molecule has 0 bridgehead atoms. The second kappa shape index (κ2) is 7.60. The van der Waals surface area contributed by atoms with Crippen LogP contribution >= 0.6 is 0 Å². The van der Waals surface area contributed by atoms with Crippen LogP contribution < -0.4 is 5.32 Å². The van der Waals surface area contributed by atoms with Gasteiger partial charge in [-0.3, -0.25) is 4.98 Å². The van der Waals surface area contributed by atoms with E-state index >= 15 is 0 Å². The quantitative estimate of drug-likeness (QED) is 0.747. The van der Waals surface area contributed by atoms with Crippen LogP contribution in [-0.4, -0.2) is 49.3 Å². The second-order valence-electron chi connectivity index (χ2n) is 7.52. The molecule has 0 aromatic carbocycles. The summed E-state index contributed by atoms with van der Waals surface area (Å²) in [5.74, 6) is 2.24. The lowest BCUT2D eigenvalue weighted by atomic mass is 10.0. The van der Waals surface area contributed by atoms with Crippen LogP contribution in [0, 0.1) is 12.8 Å². The Balaban J connectivity index is 1.55. The van der Waals surface area contributed by atoms with Crippen LogP contribution in [0.25, 0.3) is 11.0 Å². The van der Waals surface area contributed by atoms with Gasteiger partial charge in [0.05, 0.1) is 29.0 Å². The van der Waals surface area contributed by atoms with Crippen LogP contribution in [0.15, 0.2) is 30.9 Å². The molecule has 4 heterocycles. The fraction of sp³-hybridized carbons (Fsp3) is 0.450. The minimum Gasteiger partial charge on any atom is -0.338 e. The zero-order valence-corrected chi connectivity index (χ0v) is 16.2. The highest BCUT2D eigenvalue weighted by atomic mass is 15.3. The molecular formula is C20H26N7. The van der Waals surface area contributed by atoms with Crippen LogP contribution in [0.2, 0.25) is 0 Å². The first-order valence-electron chi connectivity index (χ1n) is 9.50. The fourth-order valence-corrected chi connectivity index (χ4v) is 3.74. The molecule has 0 amide bonds. The van der Waals surface area contributed by atoms with E-state index < -0.39 is 0 Å². The Morgan fingerprint density at radius 2 is 2.00 bits per heavy atom. The van der Waals surface area contributed by atoms with Gasteiger partial charge < -0.3 is 10.2 Å². The normalized spacial score (nSPS) is 16.3. The number of aryl methyl sites for hydroxylation is 1. The predicted octanol–water partition coefficient (Wildman–Crippen LogP) is 3.52. The van der Waals surface area contributed by atoms with E-state index in [4.69, 9.17) is 0 Å². The third-order valence-electron chi connectivity index (χ3n) is 5.09. The zero-order valence-electron chi connectivity index (χ0n) is 16.2. The van der Waals surface area contributed by atoms with Gasteiger partial charge in [-0.15, -0.1) is 0 Å². The number of fused-ring (bicyclic) bond motifs is 1. The molecule has 1 aliphatic heterocycles. The maximum absolute atomic E-state index is 4.66. The smallest absolute Gasteiger partial charge is 0.163 e. The molecule has 7 nitrogen and oxygen atoms in total. The monoisotopic (exact) mass is 364 g/mol. The molecule has 1 saturated heterocycles. The van der Waals surface area contributed by atoms with Crippen molar-refractivity contribution >= 4 is 22.5 Å².